The molecule has 4 nitrogen and oxygen atoms in total. The van der Waals surface area contributed by atoms with Gasteiger partial charge in [0.1, 0.15) is 5.41 Å². The monoisotopic (exact) mass is 316 g/mol. The Morgan fingerprint density at radius 2 is 1.61 bits per heavy atom. The van der Waals surface area contributed by atoms with Crippen LogP contribution >= 0.6 is 0 Å². The molecule has 0 aromatic heterocycles. The molecule has 0 aliphatic carbocycles. The third kappa shape index (κ3) is 3.57. The summed E-state index contributed by atoms with van der Waals surface area (Å²) in [5, 5.41) is 3.04. The largest absolute Gasteiger partial charge is 0.342 e. The Bertz CT molecular complexity index is 565. The van der Waals surface area contributed by atoms with Crippen LogP contribution in [0.5, 0.6) is 0 Å². The van der Waals surface area contributed by atoms with Gasteiger partial charge in [0, 0.05) is 18.8 Å². The van der Waals surface area contributed by atoms with Gasteiger partial charge in [0.15, 0.2) is 0 Å². The first-order chi connectivity index (χ1) is 10.9. The van der Waals surface area contributed by atoms with Crippen molar-refractivity contribution in [2.24, 2.45) is 5.41 Å². The zero-order chi connectivity index (χ0) is 17.0. The van der Waals surface area contributed by atoms with Crippen LogP contribution in [0, 0.1) is 5.41 Å². The second-order valence-corrected chi connectivity index (χ2v) is 6.74. The predicted octanol–water partition coefficient (Wildman–Crippen LogP) is 3.40. The first kappa shape index (κ1) is 17.5. The van der Waals surface area contributed by atoms with Gasteiger partial charge in [-0.15, -0.1) is 0 Å². The molecule has 1 aromatic carbocycles. The Kier molecular flexibility index (Phi) is 5.45. The number of hydrogen-bond donors (Lipinski definition) is 1. The van der Waals surface area contributed by atoms with Crippen LogP contribution in [0.4, 0.5) is 5.69 Å². The molecular weight excluding hydrogens is 288 g/mol. The summed E-state index contributed by atoms with van der Waals surface area (Å²) in [4.78, 5) is 27.3. The molecular formula is C19H28N2O2. The van der Waals surface area contributed by atoms with E-state index in [1.807, 2.05) is 23.1 Å². The molecule has 4 heteroatoms. The zero-order valence-electron chi connectivity index (χ0n) is 14.7. The highest BCUT2D eigenvalue weighted by Crippen LogP contribution is 2.28. The Morgan fingerprint density at radius 1 is 1.09 bits per heavy atom. The fourth-order valence-electron chi connectivity index (χ4n) is 3.09. The van der Waals surface area contributed by atoms with Gasteiger partial charge in [-0.2, -0.15) is 0 Å². The Labute approximate surface area is 139 Å². The van der Waals surface area contributed by atoms with Crippen LogP contribution < -0.4 is 5.32 Å². The maximum Gasteiger partial charge on any atom is 0.239 e. The van der Waals surface area contributed by atoms with Gasteiger partial charge in [-0.1, -0.05) is 32.0 Å². The molecule has 0 spiro atoms. The van der Waals surface area contributed by atoms with Gasteiger partial charge in [-0.3, -0.25) is 9.59 Å². The molecule has 1 aliphatic rings. The minimum Gasteiger partial charge on any atom is -0.342 e. The number of para-hydroxylation sites is 1. The number of amides is 2. The SMILES string of the molecule is CCc1cccc(CC)c1NC(=O)C(C)(C)C(=O)N1CCCC1. The molecule has 1 saturated heterocycles. The van der Waals surface area contributed by atoms with Crippen molar-refractivity contribution < 1.29 is 9.59 Å². The van der Waals surface area contributed by atoms with Gasteiger partial charge in [-0.25, -0.2) is 0 Å². The standard InChI is InChI=1S/C19H28N2O2/c1-5-14-10-9-11-15(6-2)16(14)20-17(22)19(3,4)18(23)21-12-7-8-13-21/h9-11H,5-8,12-13H2,1-4H3,(H,20,22). The van der Waals surface area contributed by atoms with Crippen molar-refractivity contribution in [3.05, 3.63) is 29.3 Å². The number of anilines is 1. The number of nitrogens with zero attached hydrogens (tertiary/aromatic N) is 1. The minimum atomic E-state index is -1.05. The highest BCUT2D eigenvalue weighted by molar-refractivity contribution is 6.10. The lowest BCUT2D eigenvalue weighted by Crippen LogP contribution is -2.46. The lowest BCUT2D eigenvalue weighted by atomic mass is 9.89. The van der Waals surface area contributed by atoms with Gasteiger partial charge in [0.2, 0.25) is 11.8 Å². The third-order valence-corrected chi connectivity index (χ3v) is 4.73. The second kappa shape index (κ2) is 7.16. The van der Waals surface area contributed by atoms with Crippen LogP contribution in [0.15, 0.2) is 18.2 Å². The van der Waals surface area contributed by atoms with E-state index in [9.17, 15) is 9.59 Å². The summed E-state index contributed by atoms with van der Waals surface area (Å²) >= 11 is 0. The Morgan fingerprint density at radius 3 is 2.09 bits per heavy atom. The topological polar surface area (TPSA) is 49.4 Å². The molecule has 1 aliphatic heterocycles. The maximum absolute atomic E-state index is 12.8. The number of rotatable bonds is 5. The fourth-order valence-corrected chi connectivity index (χ4v) is 3.09. The van der Waals surface area contributed by atoms with Crippen LogP contribution in [-0.2, 0) is 22.4 Å². The van der Waals surface area contributed by atoms with Crippen molar-refractivity contribution in [3.8, 4) is 0 Å². The molecule has 126 valence electrons. The molecule has 0 radical (unpaired) electrons. The van der Waals surface area contributed by atoms with Crippen LogP contribution in [-0.4, -0.2) is 29.8 Å². The third-order valence-electron chi connectivity index (χ3n) is 4.73. The highest BCUT2D eigenvalue weighted by Gasteiger charge is 2.40. The number of carbonyl (C=O) groups excluding carboxylic acids is 2. The summed E-state index contributed by atoms with van der Waals surface area (Å²) in [5.74, 6) is -0.287. The van der Waals surface area contributed by atoms with E-state index < -0.39 is 5.41 Å². The fraction of sp³-hybridized carbons (Fsp3) is 0.579. The zero-order valence-corrected chi connectivity index (χ0v) is 14.7. The molecule has 0 atom stereocenters. The molecule has 1 N–H and O–H groups in total. The number of nitrogens with one attached hydrogen (secondary N) is 1. The molecule has 2 amide bonds. The molecule has 23 heavy (non-hydrogen) atoms. The van der Waals surface area contributed by atoms with E-state index in [-0.39, 0.29) is 11.8 Å². The van der Waals surface area contributed by atoms with Gasteiger partial charge < -0.3 is 10.2 Å². The van der Waals surface area contributed by atoms with E-state index >= 15 is 0 Å². The van der Waals surface area contributed by atoms with Gasteiger partial charge in [0.05, 0.1) is 0 Å². The molecule has 2 rings (SSSR count). The number of carbonyl (C=O) groups is 2. The van der Waals surface area contributed by atoms with E-state index in [1.54, 1.807) is 13.8 Å². The van der Waals surface area contributed by atoms with Crippen LogP contribution in [0.3, 0.4) is 0 Å². The Hall–Kier alpha value is -1.84. The summed E-state index contributed by atoms with van der Waals surface area (Å²) in [6.07, 6.45) is 3.76. The normalized spacial score (nSPS) is 14.9. The van der Waals surface area contributed by atoms with Crippen molar-refractivity contribution in [3.63, 3.8) is 0 Å². The minimum absolute atomic E-state index is 0.0699. The maximum atomic E-state index is 12.8. The number of hydrogen-bond acceptors (Lipinski definition) is 2. The number of benzene rings is 1. The van der Waals surface area contributed by atoms with Crippen molar-refractivity contribution in [2.75, 3.05) is 18.4 Å². The van der Waals surface area contributed by atoms with E-state index in [0.29, 0.717) is 0 Å². The van der Waals surface area contributed by atoms with E-state index in [4.69, 9.17) is 0 Å². The number of aryl methyl sites for hydroxylation is 2. The van der Waals surface area contributed by atoms with Gasteiger partial charge in [-0.05, 0) is 50.7 Å². The van der Waals surface area contributed by atoms with E-state index in [1.165, 1.54) is 0 Å². The lowest BCUT2D eigenvalue weighted by molar-refractivity contribution is -0.145. The summed E-state index contributed by atoms with van der Waals surface area (Å²) in [6, 6.07) is 6.09. The second-order valence-electron chi connectivity index (χ2n) is 6.74. The van der Waals surface area contributed by atoms with Crippen molar-refractivity contribution >= 4 is 17.5 Å². The summed E-state index contributed by atoms with van der Waals surface area (Å²) in [5.41, 5.74) is 2.06. The average Bonchev–Trinajstić information content (AvgIpc) is 3.08. The average molecular weight is 316 g/mol. The van der Waals surface area contributed by atoms with Crippen LogP contribution in [0.2, 0.25) is 0 Å². The first-order valence-corrected chi connectivity index (χ1v) is 8.63. The van der Waals surface area contributed by atoms with Crippen molar-refractivity contribution in [2.45, 2.75) is 53.4 Å². The number of likely N-dealkylation sites (tertiary alicyclic amines) is 1. The summed E-state index contributed by atoms with van der Waals surface area (Å²) < 4.78 is 0. The quantitative estimate of drug-likeness (QED) is 0.846. The summed E-state index contributed by atoms with van der Waals surface area (Å²) in [7, 11) is 0. The highest BCUT2D eigenvalue weighted by atomic mass is 16.2. The lowest BCUT2D eigenvalue weighted by Gasteiger charge is -2.28. The van der Waals surface area contributed by atoms with Gasteiger partial charge >= 0.3 is 0 Å². The van der Waals surface area contributed by atoms with Crippen LogP contribution in [0.25, 0.3) is 0 Å². The smallest absolute Gasteiger partial charge is 0.239 e. The molecule has 1 aromatic rings. The molecule has 0 saturated carbocycles. The molecule has 0 bridgehead atoms. The summed E-state index contributed by atoms with van der Waals surface area (Å²) in [6.45, 7) is 9.13. The van der Waals surface area contributed by atoms with E-state index in [0.717, 1.165) is 55.6 Å². The molecule has 1 fully saturated rings. The molecule has 1 heterocycles. The van der Waals surface area contributed by atoms with Gasteiger partial charge in [0.25, 0.3) is 0 Å². The van der Waals surface area contributed by atoms with Crippen molar-refractivity contribution in [1.29, 1.82) is 0 Å². The van der Waals surface area contributed by atoms with Crippen LogP contribution in [0.1, 0.15) is 51.7 Å². The first-order valence-electron chi connectivity index (χ1n) is 8.63. The van der Waals surface area contributed by atoms with Crippen molar-refractivity contribution in [1.82, 2.24) is 4.90 Å². The van der Waals surface area contributed by atoms with E-state index in [2.05, 4.69) is 19.2 Å². The predicted molar refractivity (Wildman–Crippen MR) is 93.4 cm³/mol. The molecule has 0 unspecified atom stereocenters. The Balaban J connectivity index is 2.22.